The minimum Gasteiger partial charge on any atom is -0.0625 e. The van der Waals surface area contributed by atoms with Crippen molar-refractivity contribution in [2.24, 2.45) is 82.3 Å². The van der Waals surface area contributed by atoms with Crippen LogP contribution in [-0.4, -0.2) is 0 Å². The van der Waals surface area contributed by atoms with Gasteiger partial charge >= 0.3 is 0 Å². The zero-order valence-electron chi connectivity index (χ0n) is 24.1. The molecule has 0 heterocycles. The van der Waals surface area contributed by atoms with E-state index < -0.39 is 0 Å². The first-order chi connectivity index (χ1) is 15.5. The maximum Gasteiger partial charge on any atom is -0.0292 e. The summed E-state index contributed by atoms with van der Waals surface area (Å²) in [4.78, 5) is 0. The van der Waals surface area contributed by atoms with E-state index in [1.165, 1.54) is 44.9 Å². The van der Waals surface area contributed by atoms with Crippen LogP contribution >= 0.6 is 0 Å². The lowest BCUT2D eigenvalue weighted by Gasteiger charge is -2.29. The molecule has 0 N–H and O–H groups in total. The van der Waals surface area contributed by atoms with Gasteiger partial charge in [-0.15, -0.1) is 0 Å². The van der Waals surface area contributed by atoms with Gasteiger partial charge in [0, 0.05) is 0 Å². The first kappa shape index (κ1) is 26.1. The smallest absolute Gasteiger partial charge is 0.0292 e. The third kappa shape index (κ3) is 6.23. The summed E-state index contributed by atoms with van der Waals surface area (Å²) < 4.78 is 0. The van der Waals surface area contributed by atoms with Crippen molar-refractivity contribution < 1.29 is 0 Å². The van der Waals surface area contributed by atoms with Gasteiger partial charge in [-0.2, -0.15) is 0 Å². The number of rotatable bonds is 3. The fourth-order valence-corrected chi connectivity index (χ4v) is 9.15. The lowest BCUT2D eigenvalue weighted by molar-refractivity contribution is 0.210. The second kappa shape index (κ2) is 10.2. The molecule has 192 valence electrons. The van der Waals surface area contributed by atoms with Gasteiger partial charge in [0.1, 0.15) is 0 Å². The Kier molecular flexibility index (Phi) is 8.03. The molecular formula is C33H60. The van der Waals surface area contributed by atoms with Crippen LogP contribution in [0.5, 0.6) is 0 Å². The van der Waals surface area contributed by atoms with E-state index in [4.69, 9.17) is 0 Å². The maximum atomic E-state index is 2.49. The molecular weight excluding hydrogens is 396 g/mol. The molecule has 0 aromatic carbocycles. The molecule has 0 heteroatoms. The maximum absolute atomic E-state index is 2.49. The Bertz CT molecular complexity index is 624. The number of hydrogen-bond acceptors (Lipinski definition) is 0. The molecule has 6 fully saturated rings. The van der Waals surface area contributed by atoms with Crippen LogP contribution in [0.3, 0.4) is 0 Å². The molecule has 11 atom stereocenters. The van der Waals surface area contributed by atoms with Gasteiger partial charge in [0.05, 0.1) is 0 Å². The van der Waals surface area contributed by atoms with Crippen molar-refractivity contribution in [3.8, 4) is 0 Å². The van der Waals surface area contributed by atoms with Crippen molar-refractivity contribution in [1.29, 1.82) is 0 Å². The molecule has 0 saturated heterocycles. The summed E-state index contributed by atoms with van der Waals surface area (Å²) in [6.45, 7) is 21.8. The molecule has 0 bridgehead atoms. The Morgan fingerprint density at radius 3 is 1.88 bits per heavy atom. The van der Waals surface area contributed by atoms with E-state index in [1.807, 2.05) is 0 Å². The first-order valence-corrected chi connectivity index (χ1v) is 15.5. The molecule has 0 radical (unpaired) electrons. The van der Waals surface area contributed by atoms with Crippen LogP contribution in [0.25, 0.3) is 0 Å². The van der Waals surface area contributed by atoms with E-state index >= 15 is 0 Å². The highest BCUT2D eigenvalue weighted by molar-refractivity contribution is 5.05. The van der Waals surface area contributed by atoms with Crippen LogP contribution in [0, 0.1) is 82.3 Å². The third-order valence-corrected chi connectivity index (χ3v) is 11.8. The summed E-state index contributed by atoms with van der Waals surface area (Å²) in [6, 6.07) is 0. The normalized spacial score (nSPS) is 49.1. The first-order valence-electron chi connectivity index (χ1n) is 15.5. The Morgan fingerprint density at radius 2 is 1.30 bits per heavy atom. The Labute approximate surface area is 208 Å². The zero-order chi connectivity index (χ0) is 24.1. The predicted molar refractivity (Wildman–Crippen MR) is 145 cm³/mol. The van der Waals surface area contributed by atoms with Crippen molar-refractivity contribution in [3.63, 3.8) is 0 Å². The van der Waals surface area contributed by atoms with Gasteiger partial charge < -0.3 is 0 Å². The van der Waals surface area contributed by atoms with Crippen molar-refractivity contribution in [1.82, 2.24) is 0 Å². The molecule has 33 heavy (non-hydrogen) atoms. The van der Waals surface area contributed by atoms with Crippen molar-refractivity contribution in [3.05, 3.63) is 0 Å². The zero-order valence-corrected chi connectivity index (χ0v) is 24.1. The molecule has 0 spiro atoms. The summed E-state index contributed by atoms with van der Waals surface area (Å²) in [5.74, 6) is 13.7. The molecule has 0 amide bonds. The number of fused-ring (bicyclic) bond motifs is 3. The highest BCUT2D eigenvalue weighted by Gasteiger charge is 2.55. The predicted octanol–water partition coefficient (Wildman–Crippen LogP) is 10.1. The van der Waals surface area contributed by atoms with Gasteiger partial charge in [0.15, 0.2) is 0 Å². The van der Waals surface area contributed by atoms with Crippen molar-refractivity contribution in [2.75, 3.05) is 0 Å². The van der Waals surface area contributed by atoms with Gasteiger partial charge in [-0.3, -0.25) is 0 Å². The third-order valence-electron chi connectivity index (χ3n) is 11.8. The fraction of sp³-hybridized carbons (Fsp3) is 1.00. The SMILES string of the molecule is CC(C)C1CC(C)C2CC2C1.CC(C)C1CCCC2(C)CC12.CC1CC2CC2C(C(C)C)C1. The average Bonchev–Trinajstić information content (AvgIpc) is 3.61. The van der Waals surface area contributed by atoms with Gasteiger partial charge in [0.25, 0.3) is 0 Å². The molecule has 6 aliphatic rings. The quantitative estimate of drug-likeness (QED) is 0.396. The van der Waals surface area contributed by atoms with E-state index in [2.05, 4.69) is 62.3 Å². The van der Waals surface area contributed by atoms with Crippen molar-refractivity contribution in [2.45, 2.75) is 127 Å². The van der Waals surface area contributed by atoms with E-state index in [0.29, 0.717) is 0 Å². The monoisotopic (exact) mass is 456 g/mol. The summed E-state index contributed by atoms with van der Waals surface area (Å²) in [5, 5.41) is 0. The minimum atomic E-state index is 0.799. The summed E-state index contributed by atoms with van der Waals surface area (Å²) in [7, 11) is 0. The van der Waals surface area contributed by atoms with Crippen LogP contribution in [0.4, 0.5) is 0 Å². The minimum absolute atomic E-state index is 0.799. The van der Waals surface area contributed by atoms with Crippen LogP contribution in [-0.2, 0) is 0 Å². The second-order valence-corrected chi connectivity index (χ2v) is 15.5. The van der Waals surface area contributed by atoms with Gasteiger partial charge in [-0.25, -0.2) is 0 Å². The van der Waals surface area contributed by atoms with Crippen LogP contribution in [0.1, 0.15) is 127 Å². The fourth-order valence-electron chi connectivity index (χ4n) is 9.15. The summed E-state index contributed by atoms with van der Waals surface area (Å²) >= 11 is 0. The summed E-state index contributed by atoms with van der Waals surface area (Å²) in [6.07, 6.45) is 15.3. The largest absolute Gasteiger partial charge is 0.0625 e. The Balaban J connectivity index is 0.000000118. The highest BCUT2D eigenvalue weighted by Crippen LogP contribution is 2.64. The molecule has 0 aliphatic heterocycles. The molecule has 0 nitrogen and oxygen atoms in total. The molecule has 6 saturated carbocycles. The van der Waals surface area contributed by atoms with Crippen molar-refractivity contribution >= 4 is 0 Å². The second-order valence-electron chi connectivity index (χ2n) is 15.5. The van der Waals surface area contributed by atoms with Crippen LogP contribution in [0.2, 0.25) is 0 Å². The van der Waals surface area contributed by atoms with Gasteiger partial charge in [0.2, 0.25) is 0 Å². The lowest BCUT2D eigenvalue weighted by atomic mass is 9.77. The standard InChI is InChI=1S/3C11H20/c1-7(2)9-4-8(3)11-6-10(11)5-9;1-7(2)10-5-8(3)4-9-6-11(9)10;1-8(2)9-5-4-6-11(3)7-10(9)11/h2*7-11H,4-6H2,1-3H3;8-10H,4-7H2,1-3H3. The average molecular weight is 457 g/mol. The summed E-state index contributed by atoms with van der Waals surface area (Å²) in [5.41, 5.74) is 0.799. The Morgan fingerprint density at radius 1 is 0.667 bits per heavy atom. The van der Waals surface area contributed by atoms with E-state index in [0.717, 1.165) is 82.3 Å². The van der Waals surface area contributed by atoms with Gasteiger partial charge in [-0.1, -0.05) is 68.7 Å². The molecule has 11 unspecified atom stereocenters. The Hall–Kier alpha value is 0. The van der Waals surface area contributed by atoms with E-state index in [1.54, 1.807) is 19.3 Å². The lowest BCUT2D eigenvalue weighted by Crippen LogP contribution is -2.20. The topological polar surface area (TPSA) is 0 Å². The van der Waals surface area contributed by atoms with Crippen LogP contribution in [0.15, 0.2) is 0 Å². The number of hydrogen-bond donors (Lipinski definition) is 0. The van der Waals surface area contributed by atoms with E-state index in [-0.39, 0.29) is 0 Å². The molecule has 0 aromatic rings. The molecule has 6 aliphatic carbocycles. The van der Waals surface area contributed by atoms with Gasteiger partial charge in [-0.05, 0) is 140 Å². The highest BCUT2D eigenvalue weighted by atomic mass is 14.6. The van der Waals surface area contributed by atoms with E-state index in [9.17, 15) is 0 Å². The van der Waals surface area contributed by atoms with Crippen LogP contribution < -0.4 is 0 Å². The molecule has 0 aromatic heterocycles. The molecule has 6 rings (SSSR count).